The van der Waals surface area contributed by atoms with Gasteiger partial charge >= 0.3 is 0 Å². The maximum atomic E-state index is 11.2. The summed E-state index contributed by atoms with van der Waals surface area (Å²) >= 11 is 0. The lowest BCUT2D eigenvalue weighted by Gasteiger charge is -2.26. The summed E-state index contributed by atoms with van der Waals surface area (Å²) < 4.78 is 16.7. The first-order valence-electron chi connectivity index (χ1n) is 6.17. The molecule has 1 unspecified atom stereocenters. The first-order valence-corrected chi connectivity index (χ1v) is 6.17. The Morgan fingerprint density at radius 1 is 1.33 bits per heavy atom. The fourth-order valence-electron chi connectivity index (χ4n) is 2.13. The maximum absolute atomic E-state index is 11.2. The van der Waals surface area contributed by atoms with Gasteiger partial charge in [-0.2, -0.15) is 0 Å². The minimum absolute atomic E-state index is 0.0267. The van der Waals surface area contributed by atoms with E-state index in [1.54, 1.807) is 6.07 Å². The molecule has 0 bridgehead atoms. The lowest BCUT2D eigenvalue weighted by molar-refractivity contribution is -0.119. The monoisotopic (exact) mass is 249 g/mol. The Morgan fingerprint density at radius 2 is 2.28 bits per heavy atom. The lowest BCUT2D eigenvalue weighted by Crippen LogP contribution is -2.28. The van der Waals surface area contributed by atoms with E-state index < -0.39 is 0 Å². The third-order valence-corrected chi connectivity index (χ3v) is 3.00. The van der Waals surface area contributed by atoms with Gasteiger partial charge in [0, 0.05) is 6.42 Å². The topological polar surface area (TPSA) is 56.8 Å². The highest BCUT2D eigenvalue weighted by Gasteiger charge is 2.22. The zero-order chi connectivity index (χ0) is 12.4. The number of hydrogen-bond donors (Lipinski definition) is 1. The molecule has 0 radical (unpaired) electrons. The Balaban J connectivity index is 1.79. The number of fused-ring (bicyclic) bond motifs is 1. The van der Waals surface area contributed by atoms with Gasteiger partial charge in [-0.25, -0.2) is 0 Å². The number of carbonyl (C=O) groups excluding carboxylic acids is 1. The minimum Gasteiger partial charge on any atom is -0.478 e. The summed E-state index contributed by atoms with van der Waals surface area (Å²) in [5, 5.41) is 2.75. The molecule has 1 aromatic rings. The summed E-state index contributed by atoms with van der Waals surface area (Å²) in [6, 6.07) is 5.45. The van der Waals surface area contributed by atoms with Crippen LogP contribution >= 0.6 is 0 Å². The molecular formula is C13H15NO4. The van der Waals surface area contributed by atoms with Gasteiger partial charge in [0.1, 0.15) is 0 Å². The fourth-order valence-corrected chi connectivity index (χ4v) is 2.13. The van der Waals surface area contributed by atoms with Crippen LogP contribution in [0, 0.1) is 0 Å². The van der Waals surface area contributed by atoms with Gasteiger partial charge in [0.25, 0.3) is 5.91 Å². The Hall–Kier alpha value is -1.75. The van der Waals surface area contributed by atoms with Gasteiger partial charge < -0.3 is 19.5 Å². The molecule has 2 aliphatic heterocycles. The number of amides is 1. The molecule has 0 aliphatic carbocycles. The summed E-state index contributed by atoms with van der Waals surface area (Å²) in [6.07, 6.45) is 2.86. The summed E-state index contributed by atoms with van der Waals surface area (Å²) in [5.41, 5.74) is 0.652. The Bertz CT molecular complexity index is 454. The van der Waals surface area contributed by atoms with E-state index >= 15 is 0 Å². The molecule has 1 atom stereocenters. The first-order chi connectivity index (χ1) is 8.83. The van der Waals surface area contributed by atoms with Crippen LogP contribution in [-0.2, 0) is 9.53 Å². The highest BCUT2D eigenvalue weighted by molar-refractivity contribution is 5.96. The Kier molecular flexibility index (Phi) is 3.06. The molecule has 2 aliphatic rings. The number of para-hydroxylation sites is 1. The van der Waals surface area contributed by atoms with E-state index in [-0.39, 0.29) is 18.8 Å². The van der Waals surface area contributed by atoms with Crippen molar-refractivity contribution in [3.63, 3.8) is 0 Å². The van der Waals surface area contributed by atoms with Crippen molar-refractivity contribution in [3.05, 3.63) is 18.2 Å². The third-order valence-electron chi connectivity index (χ3n) is 3.00. The fraction of sp³-hybridized carbons (Fsp3) is 0.462. The number of nitrogens with one attached hydrogen (secondary N) is 1. The highest BCUT2D eigenvalue weighted by Crippen LogP contribution is 2.38. The summed E-state index contributed by atoms with van der Waals surface area (Å²) in [6.45, 7) is 0.760. The molecule has 2 heterocycles. The molecule has 1 saturated heterocycles. The van der Waals surface area contributed by atoms with Crippen molar-refractivity contribution in [1.82, 2.24) is 0 Å². The molecule has 1 aromatic carbocycles. The standard InChI is InChI=1S/C13H15NO4/c15-11-8-17-13-9(14-11)4-3-5-10(13)18-12-6-1-2-7-16-12/h3-5,12H,1-2,6-8H2,(H,14,15). The molecule has 1 fully saturated rings. The number of rotatable bonds is 2. The van der Waals surface area contributed by atoms with Crippen molar-refractivity contribution < 1.29 is 19.0 Å². The van der Waals surface area contributed by atoms with E-state index in [2.05, 4.69) is 5.32 Å². The number of carbonyl (C=O) groups is 1. The van der Waals surface area contributed by atoms with Crippen LogP contribution in [0.25, 0.3) is 0 Å². The molecule has 1 amide bonds. The largest absolute Gasteiger partial charge is 0.478 e. The van der Waals surface area contributed by atoms with E-state index in [0.717, 1.165) is 25.9 Å². The van der Waals surface area contributed by atoms with Crippen molar-refractivity contribution in [3.8, 4) is 11.5 Å². The normalized spacial score (nSPS) is 22.7. The second-order valence-corrected chi connectivity index (χ2v) is 4.38. The van der Waals surface area contributed by atoms with Crippen LogP contribution < -0.4 is 14.8 Å². The molecular weight excluding hydrogens is 234 g/mol. The average Bonchev–Trinajstić information content (AvgIpc) is 2.40. The first kappa shape index (κ1) is 11.3. The maximum Gasteiger partial charge on any atom is 0.262 e. The van der Waals surface area contributed by atoms with Crippen LogP contribution in [-0.4, -0.2) is 25.4 Å². The number of hydrogen-bond acceptors (Lipinski definition) is 4. The number of benzene rings is 1. The van der Waals surface area contributed by atoms with Crippen molar-refractivity contribution in [1.29, 1.82) is 0 Å². The highest BCUT2D eigenvalue weighted by atomic mass is 16.7. The van der Waals surface area contributed by atoms with Crippen molar-refractivity contribution in [2.75, 3.05) is 18.5 Å². The third kappa shape index (κ3) is 2.26. The van der Waals surface area contributed by atoms with Crippen LogP contribution in [0.15, 0.2) is 18.2 Å². The van der Waals surface area contributed by atoms with Gasteiger partial charge in [0.15, 0.2) is 24.4 Å². The van der Waals surface area contributed by atoms with E-state index in [9.17, 15) is 4.79 Å². The Morgan fingerprint density at radius 3 is 3.11 bits per heavy atom. The predicted molar refractivity (Wildman–Crippen MR) is 64.8 cm³/mol. The smallest absolute Gasteiger partial charge is 0.262 e. The quantitative estimate of drug-likeness (QED) is 0.870. The van der Waals surface area contributed by atoms with E-state index in [1.807, 2.05) is 12.1 Å². The summed E-state index contributed by atoms with van der Waals surface area (Å²) in [5.74, 6) is 1.07. The number of anilines is 1. The van der Waals surface area contributed by atoms with E-state index in [4.69, 9.17) is 14.2 Å². The molecule has 5 nitrogen and oxygen atoms in total. The summed E-state index contributed by atoms with van der Waals surface area (Å²) in [4.78, 5) is 11.2. The summed E-state index contributed by atoms with van der Waals surface area (Å²) in [7, 11) is 0. The van der Waals surface area contributed by atoms with E-state index in [0.29, 0.717) is 17.2 Å². The molecule has 1 N–H and O–H groups in total. The molecule has 5 heteroatoms. The predicted octanol–water partition coefficient (Wildman–Crippen LogP) is 1.92. The molecule has 18 heavy (non-hydrogen) atoms. The van der Waals surface area contributed by atoms with Gasteiger partial charge in [-0.05, 0) is 25.0 Å². The second-order valence-electron chi connectivity index (χ2n) is 4.38. The van der Waals surface area contributed by atoms with Gasteiger partial charge in [-0.1, -0.05) is 6.07 Å². The number of ether oxygens (including phenoxy) is 3. The zero-order valence-corrected chi connectivity index (χ0v) is 9.98. The van der Waals surface area contributed by atoms with Crippen LogP contribution in [0.2, 0.25) is 0 Å². The Labute approximate surface area is 105 Å². The molecule has 0 saturated carbocycles. The average molecular weight is 249 g/mol. The molecule has 96 valence electrons. The molecule has 0 spiro atoms. The molecule has 0 aromatic heterocycles. The van der Waals surface area contributed by atoms with Crippen molar-refractivity contribution in [2.45, 2.75) is 25.6 Å². The van der Waals surface area contributed by atoms with Gasteiger partial charge in [-0.15, -0.1) is 0 Å². The van der Waals surface area contributed by atoms with Gasteiger partial charge in [0.05, 0.1) is 12.3 Å². The van der Waals surface area contributed by atoms with Gasteiger partial charge in [0.2, 0.25) is 0 Å². The van der Waals surface area contributed by atoms with Crippen molar-refractivity contribution >= 4 is 11.6 Å². The van der Waals surface area contributed by atoms with Crippen LogP contribution in [0.4, 0.5) is 5.69 Å². The van der Waals surface area contributed by atoms with Crippen molar-refractivity contribution in [2.24, 2.45) is 0 Å². The van der Waals surface area contributed by atoms with Gasteiger partial charge in [-0.3, -0.25) is 4.79 Å². The lowest BCUT2D eigenvalue weighted by atomic mass is 10.2. The van der Waals surface area contributed by atoms with E-state index in [1.165, 1.54) is 0 Å². The zero-order valence-electron chi connectivity index (χ0n) is 9.98. The SMILES string of the molecule is O=C1COc2c(cccc2OC2CCCCO2)N1. The van der Waals surface area contributed by atoms with Crippen LogP contribution in [0.1, 0.15) is 19.3 Å². The second kappa shape index (κ2) is 4.86. The molecule has 3 rings (SSSR count). The van der Waals surface area contributed by atoms with Crippen LogP contribution in [0.5, 0.6) is 11.5 Å². The van der Waals surface area contributed by atoms with Crippen LogP contribution in [0.3, 0.4) is 0 Å². The minimum atomic E-state index is -0.216.